The molecule has 4 heteroatoms. The summed E-state index contributed by atoms with van der Waals surface area (Å²) in [6, 6.07) is 1.82. The number of nitrogen functional groups attached to an aromatic ring is 1. The zero-order chi connectivity index (χ0) is 14.5. The van der Waals surface area contributed by atoms with Gasteiger partial charge in [0, 0.05) is 25.8 Å². The van der Waals surface area contributed by atoms with E-state index in [1.165, 1.54) is 12.8 Å². The zero-order valence-electron chi connectivity index (χ0n) is 12.8. The summed E-state index contributed by atoms with van der Waals surface area (Å²) in [7, 11) is 0. The van der Waals surface area contributed by atoms with Gasteiger partial charge in [-0.2, -0.15) is 0 Å². The maximum absolute atomic E-state index is 12.6. The van der Waals surface area contributed by atoms with Gasteiger partial charge in [-0.25, -0.2) is 0 Å². The van der Waals surface area contributed by atoms with Gasteiger partial charge in [-0.1, -0.05) is 26.7 Å². The van der Waals surface area contributed by atoms with Crippen molar-refractivity contribution in [3.05, 3.63) is 18.0 Å². The molecule has 0 spiro atoms. The third-order valence-electron chi connectivity index (χ3n) is 4.20. The number of anilines is 1. The molecule has 0 aromatic carbocycles. The number of carbonyl (C=O) groups is 1. The van der Waals surface area contributed by atoms with E-state index in [4.69, 9.17) is 5.73 Å². The van der Waals surface area contributed by atoms with Gasteiger partial charge in [0.1, 0.15) is 5.69 Å². The maximum Gasteiger partial charge on any atom is 0.270 e. The third kappa shape index (κ3) is 3.35. The smallest absolute Gasteiger partial charge is 0.270 e. The second-order valence-corrected chi connectivity index (χ2v) is 5.88. The Bertz CT molecular complexity index is 445. The van der Waals surface area contributed by atoms with Crippen LogP contribution in [0.3, 0.4) is 0 Å². The lowest BCUT2D eigenvalue weighted by molar-refractivity contribution is 0.0675. The van der Waals surface area contributed by atoms with E-state index in [1.54, 1.807) is 0 Å². The molecular weight excluding hydrogens is 250 g/mol. The molecule has 20 heavy (non-hydrogen) atoms. The minimum absolute atomic E-state index is 0.144. The van der Waals surface area contributed by atoms with Crippen LogP contribution < -0.4 is 5.73 Å². The molecule has 2 N–H and O–H groups in total. The highest BCUT2D eigenvalue weighted by Gasteiger charge is 2.25. The van der Waals surface area contributed by atoms with E-state index < -0.39 is 0 Å². The van der Waals surface area contributed by atoms with Crippen molar-refractivity contribution in [3.8, 4) is 0 Å². The number of carbonyl (C=O) groups excluding carboxylic acids is 1. The van der Waals surface area contributed by atoms with Gasteiger partial charge in [0.2, 0.25) is 0 Å². The van der Waals surface area contributed by atoms with Crippen molar-refractivity contribution in [1.82, 2.24) is 9.47 Å². The Morgan fingerprint density at radius 1 is 1.30 bits per heavy atom. The number of likely N-dealkylation sites (tertiary alicyclic amines) is 1. The SMILES string of the molecule is CCCC1CCN(C(=O)c2cc(N)cn2CCC)CC1. The molecule has 2 heterocycles. The Labute approximate surface area is 121 Å². The van der Waals surface area contributed by atoms with Crippen LogP contribution in [-0.4, -0.2) is 28.5 Å². The van der Waals surface area contributed by atoms with Crippen molar-refractivity contribution < 1.29 is 4.79 Å². The molecule has 0 bridgehead atoms. The summed E-state index contributed by atoms with van der Waals surface area (Å²) < 4.78 is 2.00. The van der Waals surface area contributed by atoms with Crippen LogP contribution >= 0.6 is 0 Å². The molecule has 1 saturated heterocycles. The summed E-state index contributed by atoms with van der Waals surface area (Å²) >= 11 is 0. The first-order valence-electron chi connectivity index (χ1n) is 7.90. The van der Waals surface area contributed by atoms with Crippen LogP contribution in [0.15, 0.2) is 12.3 Å². The van der Waals surface area contributed by atoms with Gasteiger partial charge in [0.25, 0.3) is 5.91 Å². The third-order valence-corrected chi connectivity index (χ3v) is 4.20. The highest BCUT2D eigenvalue weighted by Crippen LogP contribution is 2.23. The van der Waals surface area contributed by atoms with Gasteiger partial charge in [-0.05, 0) is 31.2 Å². The minimum atomic E-state index is 0.144. The van der Waals surface area contributed by atoms with E-state index >= 15 is 0 Å². The molecule has 0 radical (unpaired) electrons. The molecule has 1 amide bonds. The number of nitrogens with zero attached hydrogens (tertiary/aromatic N) is 2. The second kappa shape index (κ2) is 6.82. The quantitative estimate of drug-likeness (QED) is 0.899. The molecule has 0 saturated carbocycles. The van der Waals surface area contributed by atoms with Crippen LogP contribution in [0.25, 0.3) is 0 Å². The van der Waals surface area contributed by atoms with E-state index in [1.807, 2.05) is 21.7 Å². The van der Waals surface area contributed by atoms with Crippen LogP contribution in [0.2, 0.25) is 0 Å². The van der Waals surface area contributed by atoms with Crippen molar-refractivity contribution >= 4 is 11.6 Å². The lowest BCUT2D eigenvalue weighted by atomic mass is 9.92. The first-order valence-corrected chi connectivity index (χ1v) is 7.90. The number of piperidine rings is 1. The highest BCUT2D eigenvalue weighted by atomic mass is 16.2. The standard InChI is InChI=1S/C16H27N3O/c1-3-5-13-6-9-18(10-7-13)16(20)15-11-14(17)12-19(15)8-4-2/h11-13H,3-10,17H2,1-2H3. The fourth-order valence-electron chi connectivity index (χ4n) is 3.13. The van der Waals surface area contributed by atoms with E-state index in [0.29, 0.717) is 5.69 Å². The summed E-state index contributed by atoms with van der Waals surface area (Å²) in [6.45, 7) is 6.98. The number of aryl methyl sites for hydroxylation is 1. The Hall–Kier alpha value is -1.45. The minimum Gasteiger partial charge on any atom is -0.397 e. The van der Waals surface area contributed by atoms with Gasteiger partial charge in [-0.15, -0.1) is 0 Å². The van der Waals surface area contributed by atoms with E-state index in [2.05, 4.69) is 13.8 Å². The molecule has 0 atom stereocenters. The van der Waals surface area contributed by atoms with Crippen LogP contribution in [0.4, 0.5) is 5.69 Å². The normalized spacial score (nSPS) is 16.6. The molecule has 0 unspecified atom stereocenters. The largest absolute Gasteiger partial charge is 0.397 e. The number of hydrogen-bond donors (Lipinski definition) is 1. The summed E-state index contributed by atoms with van der Waals surface area (Å²) in [5.74, 6) is 0.946. The number of aromatic nitrogens is 1. The predicted octanol–water partition coefficient (Wildman–Crippen LogP) is 3.13. The Morgan fingerprint density at radius 3 is 2.60 bits per heavy atom. The fourth-order valence-corrected chi connectivity index (χ4v) is 3.13. The summed E-state index contributed by atoms with van der Waals surface area (Å²) in [5, 5.41) is 0. The maximum atomic E-state index is 12.6. The molecule has 1 fully saturated rings. The second-order valence-electron chi connectivity index (χ2n) is 5.88. The molecule has 112 valence electrons. The van der Waals surface area contributed by atoms with Crippen molar-refractivity contribution in [3.63, 3.8) is 0 Å². The zero-order valence-corrected chi connectivity index (χ0v) is 12.8. The highest BCUT2D eigenvalue weighted by molar-refractivity contribution is 5.93. The Kier molecular flexibility index (Phi) is 5.10. The number of hydrogen-bond acceptors (Lipinski definition) is 2. The van der Waals surface area contributed by atoms with Crippen molar-refractivity contribution in [2.75, 3.05) is 18.8 Å². The predicted molar refractivity (Wildman–Crippen MR) is 82.7 cm³/mol. The van der Waals surface area contributed by atoms with Gasteiger partial charge in [-0.3, -0.25) is 4.79 Å². The van der Waals surface area contributed by atoms with Crippen molar-refractivity contribution in [2.24, 2.45) is 5.92 Å². The molecule has 1 aliphatic rings. The molecule has 1 aromatic heterocycles. The van der Waals surface area contributed by atoms with Crippen LogP contribution in [0, 0.1) is 5.92 Å². The van der Waals surface area contributed by atoms with Gasteiger partial charge >= 0.3 is 0 Å². The number of rotatable bonds is 5. The van der Waals surface area contributed by atoms with Gasteiger partial charge < -0.3 is 15.2 Å². The van der Waals surface area contributed by atoms with Crippen molar-refractivity contribution in [1.29, 1.82) is 0 Å². The Morgan fingerprint density at radius 2 is 2.00 bits per heavy atom. The molecular formula is C16H27N3O. The van der Waals surface area contributed by atoms with E-state index in [0.717, 1.165) is 50.5 Å². The average Bonchev–Trinajstić information content (AvgIpc) is 2.81. The Balaban J connectivity index is 2.01. The van der Waals surface area contributed by atoms with Gasteiger partial charge in [0.05, 0.1) is 5.69 Å². The fraction of sp³-hybridized carbons (Fsp3) is 0.688. The molecule has 0 aliphatic carbocycles. The molecule has 1 aromatic rings. The summed E-state index contributed by atoms with van der Waals surface area (Å²) in [6.07, 6.45) is 7.70. The monoisotopic (exact) mass is 277 g/mol. The first-order chi connectivity index (χ1) is 9.65. The summed E-state index contributed by atoms with van der Waals surface area (Å²) in [5.41, 5.74) is 7.28. The van der Waals surface area contributed by atoms with Gasteiger partial charge in [0.15, 0.2) is 0 Å². The molecule has 1 aliphatic heterocycles. The molecule has 4 nitrogen and oxygen atoms in total. The van der Waals surface area contributed by atoms with Crippen LogP contribution in [0.5, 0.6) is 0 Å². The lowest BCUT2D eigenvalue weighted by Gasteiger charge is -2.32. The van der Waals surface area contributed by atoms with Crippen molar-refractivity contribution in [2.45, 2.75) is 52.5 Å². The van der Waals surface area contributed by atoms with E-state index in [9.17, 15) is 4.79 Å². The number of amides is 1. The molecule has 2 rings (SSSR count). The van der Waals surface area contributed by atoms with E-state index in [-0.39, 0.29) is 5.91 Å². The number of nitrogens with two attached hydrogens (primary N) is 1. The lowest BCUT2D eigenvalue weighted by Crippen LogP contribution is -2.39. The first kappa shape index (κ1) is 14.9. The topological polar surface area (TPSA) is 51.3 Å². The average molecular weight is 277 g/mol. The van der Waals surface area contributed by atoms with Crippen LogP contribution in [-0.2, 0) is 6.54 Å². The summed E-state index contributed by atoms with van der Waals surface area (Å²) in [4.78, 5) is 14.6. The van der Waals surface area contributed by atoms with Crippen LogP contribution in [0.1, 0.15) is 56.4 Å².